The molecule has 1 heterocycles. The molecular formula is C14H20N2O. The number of rotatable bonds is 4. The highest BCUT2D eigenvalue weighted by molar-refractivity contribution is 5.82. The first-order chi connectivity index (χ1) is 8.08. The molecule has 0 saturated heterocycles. The van der Waals surface area contributed by atoms with Crippen molar-refractivity contribution < 1.29 is 4.74 Å². The average Bonchev–Trinajstić information content (AvgIpc) is 2.73. The third-order valence-corrected chi connectivity index (χ3v) is 3.12. The molecule has 1 aromatic carbocycles. The Balaban J connectivity index is 2.48. The first-order valence-corrected chi connectivity index (χ1v) is 6.03. The Hall–Kier alpha value is -1.48. The maximum atomic E-state index is 5.82. The number of fused-ring (bicyclic) bond motifs is 1. The second-order valence-electron chi connectivity index (χ2n) is 4.86. The van der Waals surface area contributed by atoms with E-state index in [2.05, 4.69) is 42.8 Å². The fourth-order valence-corrected chi connectivity index (χ4v) is 2.00. The molecule has 2 aromatic rings. The maximum absolute atomic E-state index is 5.82. The highest BCUT2D eigenvalue weighted by atomic mass is 16.5. The van der Waals surface area contributed by atoms with Crippen molar-refractivity contribution in [2.24, 2.45) is 5.73 Å². The van der Waals surface area contributed by atoms with Gasteiger partial charge in [-0.25, -0.2) is 0 Å². The summed E-state index contributed by atoms with van der Waals surface area (Å²) in [4.78, 5) is 0. The van der Waals surface area contributed by atoms with E-state index in [4.69, 9.17) is 10.5 Å². The molecule has 0 saturated carbocycles. The van der Waals surface area contributed by atoms with Crippen LogP contribution in [0.25, 0.3) is 10.9 Å². The minimum Gasteiger partial charge on any atom is -0.494 e. The third-order valence-electron chi connectivity index (χ3n) is 3.12. The fourth-order valence-electron chi connectivity index (χ4n) is 2.00. The number of nitrogens with two attached hydrogens (primary N) is 1. The number of aromatic nitrogens is 1. The summed E-state index contributed by atoms with van der Waals surface area (Å²) in [5.74, 6) is 0.920. The number of nitrogens with zero attached hydrogens (tertiary/aromatic N) is 1. The number of hydrogen-bond donors (Lipinski definition) is 1. The fraction of sp³-hybridized carbons (Fsp3) is 0.429. The number of hydrogen-bond acceptors (Lipinski definition) is 2. The van der Waals surface area contributed by atoms with Crippen LogP contribution in [0.2, 0.25) is 0 Å². The predicted molar refractivity (Wildman–Crippen MR) is 71.5 cm³/mol. The van der Waals surface area contributed by atoms with Gasteiger partial charge < -0.3 is 15.0 Å². The Morgan fingerprint density at radius 1 is 1.29 bits per heavy atom. The Bertz CT molecular complexity index is 514. The van der Waals surface area contributed by atoms with Crippen LogP contribution in [0, 0.1) is 0 Å². The van der Waals surface area contributed by atoms with Crippen LogP contribution >= 0.6 is 0 Å². The predicted octanol–water partition coefficient (Wildman–Crippen LogP) is 2.73. The largest absolute Gasteiger partial charge is 0.494 e. The molecule has 3 heteroatoms. The van der Waals surface area contributed by atoms with Gasteiger partial charge in [-0.05, 0) is 45.0 Å². The molecule has 0 aliphatic carbocycles. The molecule has 0 radical (unpaired) electrons. The van der Waals surface area contributed by atoms with Crippen molar-refractivity contribution in [3.05, 3.63) is 30.5 Å². The van der Waals surface area contributed by atoms with E-state index in [1.54, 1.807) is 0 Å². The van der Waals surface area contributed by atoms with Crippen molar-refractivity contribution in [3.8, 4) is 5.75 Å². The molecule has 0 aliphatic heterocycles. The molecular weight excluding hydrogens is 212 g/mol. The molecule has 0 fully saturated rings. The Labute approximate surface area is 102 Å². The highest BCUT2D eigenvalue weighted by Gasteiger charge is 2.19. The van der Waals surface area contributed by atoms with Crippen LogP contribution in [0.4, 0.5) is 0 Å². The Morgan fingerprint density at radius 2 is 2.06 bits per heavy atom. The van der Waals surface area contributed by atoms with Gasteiger partial charge in [-0.15, -0.1) is 0 Å². The van der Waals surface area contributed by atoms with Gasteiger partial charge in [-0.1, -0.05) is 0 Å². The standard InChI is InChI=1S/C14H20N2O/c1-4-17-12-5-6-13-11(9-12)7-8-16(13)14(2,3)10-15/h5-9H,4,10,15H2,1-3H3. The molecule has 1 aromatic heterocycles. The van der Waals surface area contributed by atoms with E-state index in [-0.39, 0.29) is 5.54 Å². The number of ether oxygens (including phenoxy) is 1. The summed E-state index contributed by atoms with van der Waals surface area (Å²) < 4.78 is 7.72. The third kappa shape index (κ3) is 2.15. The van der Waals surface area contributed by atoms with Gasteiger partial charge in [0.1, 0.15) is 5.75 Å². The molecule has 0 spiro atoms. The van der Waals surface area contributed by atoms with Crippen molar-refractivity contribution >= 4 is 10.9 Å². The van der Waals surface area contributed by atoms with Crippen LogP contribution in [0.1, 0.15) is 20.8 Å². The summed E-state index contributed by atoms with van der Waals surface area (Å²) in [7, 11) is 0. The normalized spacial score (nSPS) is 12.0. The molecule has 92 valence electrons. The van der Waals surface area contributed by atoms with E-state index >= 15 is 0 Å². The molecule has 2 N–H and O–H groups in total. The van der Waals surface area contributed by atoms with Gasteiger partial charge in [0.2, 0.25) is 0 Å². The lowest BCUT2D eigenvalue weighted by Gasteiger charge is -2.26. The van der Waals surface area contributed by atoms with Crippen LogP contribution in [0.3, 0.4) is 0 Å². The van der Waals surface area contributed by atoms with Crippen LogP contribution in [-0.2, 0) is 5.54 Å². The molecule has 0 amide bonds. The molecule has 3 nitrogen and oxygen atoms in total. The smallest absolute Gasteiger partial charge is 0.120 e. The maximum Gasteiger partial charge on any atom is 0.120 e. The molecule has 0 atom stereocenters. The zero-order valence-corrected chi connectivity index (χ0v) is 10.7. The van der Waals surface area contributed by atoms with Crippen molar-refractivity contribution in [1.29, 1.82) is 0 Å². The summed E-state index contributed by atoms with van der Waals surface area (Å²) >= 11 is 0. The summed E-state index contributed by atoms with van der Waals surface area (Å²) in [5, 5.41) is 1.19. The second kappa shape index (κ2) is 4.41. The summed E-state index contributed by atoms with van der Waals surface area (Å²) in [6, 6.07) is 8.28. The monoisotopic (exact) mass is 232 g/mol. The molecule has 17 heavy (non-hydrogen) atoms. The zero-order valence-electron chi connectivity index (χ0n) is 10.7. The van der Waals surface area contributed by atoms with Gasteiger partial charge >= 0.3 is 0 Å². The Morgan fingerprint density at radius 3 is 2.71 bits per heavy atom. The molecule has 2 rings (SSSR count). The number of benzene rings is 1. The molecule has 0 unspecified atom stereocenters. The van der Waals surface area contributed by atoms with Gasteiger partial charge in [-0.2, -0.15) is 0 Å². The zero-order chi connectivity index (χ0) is 12.5. The van der Waals surface area contributed by atoms with E-state index in [1.165, 1.54) is 10.9 Å². The SMILES string of the molecule is CCOc1ccc2c(ccn2C(C)(C)CN)c1. The lowest BCUT2D eigenvalue weighted by Crippen LogP contribution is -2.34. The Kier molecular flexibility index (Phi) is 3.11. The van der Waals surface area contributed by atoms with Crippen molar-refractivity contribution in [2.45, 2.75) is 26.3 Å². The van der Waals surface area contributed by atoms with Crippen LogP contribution in [0.15, 0.2) is 30.5 Å². The quantitative estimate of drug-likeness (QED) is 0.880. The van der Waals surface area contributed by atoms with Crippen molar-refractivity contribution in [3.63, 3.8) is 0 Å². The molecule has 0 bridgehead atoms. The minimum absolute atomic E-state index is 0.0606. The summed E-state index contributed by atoms with van der Waals surface area (Å²) in [6.07, 6.45) is 2.09. The first-order valence-electron chi connectivity index (χ1n) is 6.03. The molecule has 0 aliphatic rings. The van der Waals surface area contributed by atoms with Crippen LogP contribution in [0.5, 0.6) is 5.75 Å². The van der Waals surface area contributed by atoms with Crippen LogP contribution < -0.4 is 10.5 Å². The van der Waals surface area contributed by atoms with E-state index in [9.17, 15) is 0 Å². The second-order valence-corrected chi connectivity index (χ2v) is 4.86. The van der Waals surface area contributed by atoms with E-state index < -0.39 is 0 Å². The highest BCUT2D eigenvalue weighted by Crippen LogP contribution is 2.26. The van der Waals surface area contributed by atoms with Crippen LogP contribution in [-0.4, -0.2) is 17.7 Å². The summed E-state index contributed by atoms with van der Waals surface area (Å²) in [5.41, 5.74) is 6.96. The minimum atomic E-state index is -0.0606. The van der Waals surface area contributed by atoms with Gasteiger partial charge in [0.05, 0.1) is 12.1 Å². The van der Waals surface area contributed by atoms with Crippen molar-refractivity contribution in [1.82, 2.24) is 4.57 Å². The van der Waals surface area contributed by atoms with Gasteiger partial charge in [-0.3, -0.25) is 0 Å². The first kappa shape index (κ1) is 12.0. The van der Waals surface area contributed by atoms with Gasteiger partial charge in [0.15, 0.2) is 0 Å². The lowest BCUT2D eigenvalue weighted by molar-refractivity contribution is 0.340. The summed E-state index contributed by atoms with van der Waals surface area (Å²) in [6.45, 7) is 7.59. The van der Waals surface area contributed by atoms with E-state index in [1.807, 2.05) is 13.0 Å². The van der Waals surface area contributed by atoms with E-state index in [0.717, 1.165) is 5.75 Å². The topological polar surface area (TPSA) is 40.2 Å². The van der Waals surface area contributed by atoms with Gasteiger partial charge in [0, 0.05) is 23.6 Å². The van der Waals surface area contributed by atoms with E-state index in [0.29, 0.717) is 13.2 Å². The van der Waals surface area contributed by atoms with Crippen molar-refractivity contribution in [2.75, 3.05) is 13.2 Å². The average molecular weight is 232 g/mol. The van der Waals surface area contributed by atoms with Gasteiger partial charge in [0.25, 0.3) is 0 Å². The lowest BCUT2D eigenvalue weighted by atomic mass is 10.1.